The van der Waals surface area contributed by atoms with E-state index in [0.717, 1.165) is 38.6 Å². The van der Waals surface area contributed by atoms with Gasteiger partial charge in [0.1, 0.15) is 16.8 Å². The quantitative estimate of drug-likeness (QED) is 0.546. The minimum absolute atomic E-state index is 0.0217. The monoisotopic (exact) mass is 487 g/mol. The van der Waals surface area contributed by atoms with Crippen LogP contribution < -0.4 is 9.46 Å². The molecule has 1 atom stereocenters. The minimum Gasteiger partial charge on any atom is -0.490 e. The maximum atomic E-state index is 12.1. The maximum Gasteiger partial charge on any atom is 0.214 e. The molecule has 0 radical (unpaired) electrons. The molecule has 0 saturated heterocycles. The van der Waals surface area contributed by atoms with Gasteiger partial charge in [-0.25, -0.2) is 18.1 Å². The van der Waals surface area contributed by atoms with E-state index in [1.807, 2.05) is 46.0 Å². The van der Waals surface area contributed by atoms with Crippen LogP contribution in [0.15, 0.2) is 41.6 Å². The Kier molecular flexibility index (Phi) is 8.08. The molecule has 0 fully saturated rings. The van der Waals surface area contributed by atoms with Gasteiger partial charge in [-0.15, -0.1) is 11.3 Å². The van der Waals surface area contributed by atoms with Crippen molar-refractivity contribution in [2.75, 3.05) is 12.4 Å². The van der Waals surface area contributed by atoms with Crippen LogP contribution in [-0.2, 0) is 10.0 Å². The molecule has 0 aliphatic heterocycles. The average molecular weight is 488 g/mol. The lowest BCUT2D eigenvalue weighted by Crippen LogP contribution is -2.36. The molecule has 33 heavy (non-hydrogen) atoms. The lowest BCUT2D eigenvalue weighted by Gasteiger charge is -2.14. The standard InChI is InChI=1S/C24H29N3O4S2/c1-5-19(20-7-8-21(16(20)4)27-33(29,30)11-10-28)23-14-26-24(32-23)17-6-9-22(31-15(2)3)18(12-17)13-25/h5-6,9,12,14-15,21,27-28H,7-8,10-11H2,1-4H3/b19-5+/t21-/m0/s1. The largest absolute Gasteiger partial charge is 0.490 e. The second kappa shape index (κ2) is 10.6. The molecule has 0 spiro atoms. The van der Waals surface area contributed by atoms with Crippen LogP contribution >= 0.6 is 11.3 Å². The van der Waals surface area contributed by atoms with Crippen molar-refractivity contribution in [1.29, 1.82) is 5.26 Å². The number of aliphatic hydroxyl groups excluding tert-OH is 1. The Morgan fingerprint density at radius 2 is 2.21 bits per heavy atom. The molecular weight excluding hydrogens is 458 g/mol. The molecule has 0 bridgehead atoms. The number of nitrogens with zero attached hydrogens (tertiary/aromatic N) is 2. The zero-order valence-electron chi connectivity index (χ0n) is 19.3. The molecule has 1 aliphatic rings. The van der Waals surface area contributed by atoms with E-state index >= 15 is 0 Å². The minimum atomic E-state index is -3.52. The third kappa shape index (κ3) is 5.89. The number of hydrogen-bond donors (Lipinski definition) is 2. The lowest BCUT2D eigenvalue weighted by atomic mass is 10.0. The summed E-state index contributed by atoms with van der Waals surface area (Å²) >= 11 is 1.53. The number of thiazole rings is 1. The van der Waals surface area contributed by atoms with Crippen LogP contribution in [0.25, 0.3) is 16.1 Å². The highest BCUT2D eigenvalue weighted by atomic mass is 32.2. The Balaban J connectivity index is 1.87. The van der Waals surface area contributed by atoms with Gasteiger partial charge in [0.15, 0.2) is 0 Å². The summed E-state index contributed by atoms with van der Waals surface area (Å²) in [6, 6.07) is 7.43. The van der Waals surface area contributed by atoms with Gasteiger partial charge in [-0.2, -0.15) is 5.26 Å². The Morgan fingerprint density at radius 1 is 1.45 bits per heavy atom. The van der Waals surface area contributed by atoms with Crippen molar-refractivity contribution in [1.82, 2.24) is 9.71 Å². The van der Waals surface area contributed by atoms with E-state index < -0.39 is 16.6 Å². The first-order valence-corrected chi connectivity index (χ1v) is 13.3. The maximum absolute atomic E-state index is 12.1. The van der Waals surface area contributed by atoms with Crippen molar-refractivity contribution in [2.24, 2.45) is 0 Å². The summed E-state index contributed by atoms with van der Waals surface area (Å²) in [6.07, 6.45) is 5.26. The number of nitrogens with one attached hydrogen (secondary N) is 1. The van der Waals surface area contributed by atoms with Crippen LogP contribution in [0.4, 0.5) is 0 Å². The van der Waals surface area contributed by atoms with E-state index in [2.05, 4.69) is 15.8 Å². The van der Waals surface area contributed by atoms with Crippen molar-refractivity contribution in [3.8, 4) is 22.4 Å². The van der Waals surface area contributed by atoms with Crippen molar-refractivity contribution in [3.63, 3.8) is 0 Å². The highest BCUT2D eigenvalue weighted by molar-refractivity contribution is 7.89. The molecule has 2 aromatic rings. The van der Waals surface area contributed by atoms with Crippen LogP contribution in [0.1, 0.15) is 51.0 Å². The lowest BCUT2D eigenvalue weighted by molar-refractivity contribution is 0.242. The first-order valence-electron chi connectivity index (χ1n) is 10.8. The highest BCUT2D eigenvalue weighted by Gasteiger charge is 2.28. The van der Waals surface area contributed by atoms with Crippen LogP contribution in [0.5, 0.6) is 5.75 Å². The molecule has 1 aromatic heterocycles. The molecule has 3 rings (SSSR count). The van der Waals surface area contributed by atoms with Crippen molar-refractivity contribution in [2.45, 2.75) is 52.7 Å². The van der Waals surface area contributed by atoms with Crippen LogP contribution in [-0.4, -0.2) is 43.0 Å². The van der Waals surface area contributed by atoms with Crippen LogP contribution in [0.3, 0.4) is 0 Å². The summed E-state index contributed by atoms with van der Waals surface area (Å²) in [6.45, 7) is 7.35. The molecule has 1 aromatic carbocycles. The third-order valence-corrected chi connectivity index (χ3v) is 7.90. The van der Waals surface area contributed by atoms with Gasteiger partial charge in [-0.3, -0.25) is 0 Å². The molecule has 1 heterocycles. The van der Waals surface area contributed by atoms with Gasteiger partial charge in [0, 0.05) is 17.8 Å². The molecule has 0 unspecified atom stereocenters. The predicted octanol–water partition coefficient (Wildman–Crippen LogP) is 4.26. The predicted molar refractivity (Wildman–Crippen MR) is 131 cm³/mol. The van der Waals surface area contributed by atoms with E-state index in [-0.39, 0.29) is 17.9 Å². The van der Waals surface area contributed by atoms with Crippen molar-refractivity contribution in [3.05, 3.63) is 52.1 Å². The van der Waals surface area contributed by atoms with Crippen LogP contribution in [0, 0.1) is 11.3 Å². The SMILES string of the molecule is C/C=C(\C1=C(C)[C@@H](NS(=O)(=O)CCO)CC1)c1cnc(-c2ccc(OC(C)C)c(C#N)c2)s1. The summed E-state index contributed by atoms with van der Waals surface area (Å²) in [5.74, 6) is 0.260. The zero-order chi connectivity index (χ0) is 24.2. The summed E-state index contributed by atoms with van der Waals surface area (Å²) in [5, 5.41) is 19.3. The summed E-state index contributed by atoms with van der Waals surface area (Å²) in [5.41, 5.74) is 4.46. The smallest absolute Gasteiger partial charge is 0.214 e. The Labute approximate surface area is 199 Å². The second-order valence-corrected chi connectivity index (χ2v) is 11.0. The molecule has 176 valence electrons. The van der Waals surface area contributed by atoms with Gasteiger partial charge >= 0.3 is 0 Å². The van der Waals surface area contributed by atoms with E-state index in [1.54, 1.807) is 12.1 Å². The Morgan fingerprint density at radius 3 is 2.85 bits per heavy atom. The number of sulfonamides is 1. The Bertz CT molecular complexity index is 1220. The van der Waals surface area contributed by atoms with E-state index in [1.165, 1.54) is 11.3 Å². The Hall–Kier alpha value is -2.51. The van der Waals surface area contributed by atoms with E-state index in [4.69, 9.17) is 9.84 Å². The summed E-state index contributed by atoms with van der Waals surface area (Å²) in [7, 11) is -3.52. The number of benzene rings is 1. The molecule has 0 saturated carbocycles. The fraction of sp³-hybridized carbons (Fsp3) is 0.417. The number of nitriles is 1. The fourth-order valence-electron chi connectivity index (χ4n) is 3.91. The van der Waals surface area contributed by atoms with Crippen LogP contribution in [0.2, 0.25) is 0 Å². The topological polar surface area (TPSA) is 112 Å². The normalized spacial score (nSPS) is 17.0. The number of aliphatic hydroxyl groups is 1. The molecule has 0 amide bonds. The van der Waals surface area contributed by atoms with Gasteiger partial charge < -0.3 is 9.84 Å². The third-order valence-electron chi connectivity index (χ3n) is 5.46. The number of ether oxygens (including phenoxy) is 1. The number of hydrogen-bond acceptors (Lipinski definition) is 7. The summed E-state index contributed by atoms with van der Waals surface area (Å²) < 4.78 is 32.6. The number of allylic oxidation sites excluding steroid dienone is 3. The van der Waals surface area contributed by atoms with Gasteiger partial charge in [-0.1, -0.05) is 11.6 Å². The average Bonchev–Trinajstić information content (AvgIpc) is 3.37. The highest BCUT2D eigenvalue weighted by Crippen LogP contribution is 2.40. The van der Waals surface area contributed by atoms with Gasteiger partial charge in [0.05, 0.1) is 28.9 Å². The molecule has 2 N–H and O–H groups in total. The van der Waals surface area contributed by atoms with E-state index in [9.17, 15) is 13.7 Å². The van der Waals surface area contributed by atoms with Gasteiger partial charge in [0.25, 0.3) is 0 Å². The van der Waals surface area contributed by atoms with Gasteiger partial charge in [0.2, 0.25) is 10.0 Å². The fourth-order valence-corrected chi connectivity index (χ4v) is 6.01. The zero-order valence-corrected chi connectivity index (χ0v) is 20.9. The van der Waals surface area contributed by atoms with E-state index in [0.29, 0.717) is 17.7 Å². The van der Waals surface area contributed by atoms with Crippen molar-refractivity contribution < 1.29 is 18.3 Å². The van der Waals surface area contributed by atoms with Gasteiger partial charge in [-0.05, 0) is 69.9 Å². The summed E-state index contributed by atoms with van der Waals surface area (Å²) in [4.78, 5) is 5.57. The molecule has 9 heteroatoms. The first kappa shape index (κ1) is 25.1. The van der Waals surface area contributed by atoms with Crippen molar-refractivity contribution >= 4 is 26.9 Å². The second-order valence-electron chi connectivity index (χ2n) is 8.13. The number of rotatable bonds is 9. The molecule has 7 nitrogen and oxygen atoms in total. The molecule has 1 aliphatic carbocycles. The molecular formula is C24H29N3O4S2. The number of aromatic nitrogens is 1. The first-order chi connectivity index (χ1) is 15.7.